The number of fused-ring (bicyclic) bond motifs is 1. The summed E-state index contributed by atoms with van der Waals surface area (Å²) in [6, 6.07) is 17.0. The molecule has 0 spiro atoms. The van der Waals surface area contributed by atoms with Crippen LogP contribution in [0, 0.1) is 0 Å². The Bertz CT molecular complexity index is 697. The zero-order chi connectivity index (χ0) is 17.0. The molecule has 0 fully saturated rings. The fourth-order valence-electron chi connectivity index (χ4n) is 3.13. The quantitative estimate of drug-likeness (QED) is 0.906. The smallest absolute Gasteiger partial charge is 0.223 e. The lowest BCUT2D eigenvalue weighted by atomic mass is 9.92. The van der Waals surface area contributed by atoms with E-state index >= 15 is 0 Å². The van der Waals surface area contributed by atoms with Gasteiger partial charge in [0.05, 0.1) is 24.7 Å². The molecule has 0 saturated heterocycles. The molecule has 2 N–H and O–H groups in total. The second kappa shape index (κ2) is 7.05. The van der Waals surface area contributed by atoms with E-state index in [1.54, 1.807) is 6.92 Å². The van der Waals surface area contributed by atoms with Gasteiger partial charge in [-0.15, -0.1) is 0 Å². The summed E-state index contributed by atoms with van der Waals surface area (Å²) in [6.07, 6.45) is 1.74. The summed E-state index contributed by atoms with van der Waals surface area (Å²) in [5, 5.41) is 13.7. The first kappa shape index (κ1) is 16.5. The molecule has 24 heavy (non-hydrogen) atoms. The largest absolute Gasteiger partial charge is 0.493 e. The van der Waals surface area contributed by atoms with Crippen LogP contribution in [-0.4, -0.2) is 17.6 Å². The average molecular weight is 325 g/mol. The maximum atomic E-state index is 12.5. The van der Waals surface area contributed by atoms with Crippen LogP contribution in [0.3, 0.4) is 0 Å². The lowest BCUT2D eigenvalue weighted by Crippen LogP contribution is -2.35. The van der Waals surface area contributed by atoms with Gasteiger partial charge in [0.2, 0.25) is 5.91 Å². The highest BCUT2D eigenvalue weighted by molar-refractivity contribution is 5.78. The van der Waals surface area contributed by atoms with Crippen LogP contribution in [-0.2, 0) is 10.4 Å². The molecule has 1 aliphatic rings. The Morgan fingerprint density at radius 2 is 1.92 bits per heavy atom. The number of ether oxygens (including phenoxy) is 1. The van der Waals surface area contributed by atoms with E-state index in [2.05, 4.69) is 5.32 Å². The topological polar surface area (TPSA) is 58.6 Å². The van der Waals surface area contributed by atoms with Crippen molar-refractivity contribution in [2.75, 3.05) is 6.61 Å². The minimum Gasteiger partial charge on any atom is -0.493 e. The van der Waals surface area contributed by atoms with Crippen LogP contribution >= 0.6 is 0 Å². The summed E-state index contributed by atoms with van der Waals surface area (Å²) in [4.78, 5) is 12.5. The number of amides is 1. The van der Waals surface area contributed by atoms with Gasteiger partial charge >= 0.3 is 0 Å². The van der Waals surface area contributed by atoms with E-state index < -0.39 is 5.60 Å². The highest BCUT2D eigenvalue weighted by Gasteiger charge is 2.28. The van der Waals surface area contributed by atoms with Crippen LogP contribution in [0.25, 0.3) is 0 Å². The summed E-state index contributed by atoms with van der Waals surface area (Å²) in [5.41, 5.74) is 0.555. The predicted octanol–water partition coefficient (Wildman–Crippen LogP) is 3.31. The molecule has 0 aromatic heterocycles. The molecule has 0 radical (unpaired) electrons. The standard InChI is InChI=1S/C20H23NO3/c1-20(23,15-8-3-2-4-9-15)14-19(22)21-17-11-7-13-24-18-12-6-5-10-16(17)18/h2-6,8-10,12,17,23H,7,11,13-14H2,1H3,(H,21,22). The fraction of sp³-hybridized carbons (Fsp3) is 0.350. The first-order chi connectivity index (χ1) is 11.6. The maximum Gasteiger partial charge on any atom is 0.223 e. The number of hydrogen-bond acceptors (Lipinski definition) is 3. The average Bonchev–Trinajstić information content (AvgIpc) is 2.78. The SMILES string of the molecule is CC(O)(CC(=O)NC1CCCOc2ccccc21)c1ccccc1. The lowest BCUT2D eigenvalue weighted by molar-refractivity contribution is -0.126. The lowest BCUT2D eigenvalue weighted by Gasteiger charge is -2.25. The summed E-state index contributed by atoms with van der Waals surface area (Å²) in [5.74, 6) is 0.667. The Morgan fingerprint density at radius 1 is 1.21 bits per heavy atom. The van der Waals surface area contributed by atoms with Crippen LogP contribution in [0.5, 0.6) is 5.75 Å². The molecular weight excluding hydrogens is 302 g/mol. The molecule has 2 atom stereocenters. The van der Waals surface area contributed by atoms with Crippen LogP contribution in [0.1, 0.15) is 43.4 Å². The molecule has 0 bridgehead atoms. The number of benzene rings is 2. The Labute approximate surface area is 142 Å². The summed E-state index contributed by atoms with van der Waals surface area (Å²) >= 11 is 0. The molecule has 4 nitrogen and oxygen atoms in total. The van der Waals surface area contributed by atoms with Gasteiger partial charge in [-0.1, -0.05) is 48.5 Å². The van der Waals surface area contributed by atoms with E-state index in [0.717, 1.165) is 29.7 Å². The molecule has 3 rings (SSSR count). The summed E-state index contributed by atoms with van der Waals surface area (Å²) in [7, 11) is 0. The van der Waals surface area contributed by atoms with Crippen molar-refractivity contribution in [3.8, 4) is 5.75 Å². The minimum atomic E-state index is -1.19. The van der Waals surface area contributed by atoms with Crippen LogP contribution < -0.4 is 10.1 Å². The predicted molar refractivity (Wildman–Crippen MR) is 92.7 cm³/mol. The Balaban J connectivity index is 1.71. The molecule has 2 aromatic carbocycles. The summed E-state index contributed by atoms with van der Waals surface area (Å²) < 4.78 is 5.73. The van der Waals surface area contributed by atoms with Crippen LogP contribution in [0.15, 0.2) is 54.6 Å². The van der Waals surface area contributed by atoms with Gasteiger partial charge in [-0.3, -0.25) is 4.79 Å². The molecular formula is C20H23NO3. The van der Waals surface area contributed by atoms with Gasteiger partial charge < -0.3 is 15.2 Å². The van der Waals surface area contributed by atoms with E-state index in [4.69, 9.17) is 4.74 Å². The van der Waals surface area contributed by atoms with E-state index in [-0.39, 0.29) is 18.4 Å². The molecule has 1 aliphatic heterocycles. The number of nitrogens with one attached hydrogen (secondary N) is 1. The number of carbonyl (C=O) groups is 1. The first-order valence-corrected chi connectivity index (χ1v) is 8.35. The van der Waals surface area contributed by atoms with Crippen molar-refractivity contribution in [2.24, 2.45) is 0 Å². The number of rotatable bonds is 4. The molecule has 126 valence electrons. The van der Waals surface area contributed by atoms with E-state index in [0.29, 0.717) is 6.61 Å². The van der Waals surface area contributed by atoms with E-state index in [1.807, 2.05) is 54.6 Å². The van der Waals surface area contributed by atoms with Crippen LogP contribution in [0.2, 0.25) is 0 Å². The van der Waals surface area contributed by atoms with Gasteiger partial charge in [0.25, 0.3) is 0 Å². The van der Waals surface area contributed by atoms with E-state index in [9.17, 15) is 9.90 Å². The molecule has 2 aromatic rings. The third-order valence-electron chi connectivity index (χ3n) is 4.42. The molecule has 4 heteroatoms. The number of aliphatic hydroxyl groups is 1. The monoisotopic (exact) mass is 325 g/mol. The Morgan fingerprint density at radius 3 is 2.71 bits per heavy atom. The Hall–Kier alpha value is -2.33. The first-order valence-electron chi connectivity index (χ1n) is 8.35. The number of para-hydroxylation sites is 1. The Kier molecular flexibility index (Phi) is 4.86. The fourth-order valence-corrected chi connectivity index (χ4v) is 3.13. The van der Waals surface area contributed by atoms with Gasteiger partial charge in [-0.25, -0.2) is 0 Å². The number of carbonyl (C=O) groups excluding carboxylic acids is 1. The van der Waals surface area contributed by atoms with Gasteiger partial charge in [0, 0.05) is 5.56 Å². The third-order valence-corrected chi connectivity index (χ3v) is 4.42. The molecule has 1 amide bonds. The minimum absolute atomic E-state index is 0.0243. The van der Waals surface area contributed by atoms with Crippen molar-refractivity contribution in [3.63, 3.8) is 0 Å². The highest BCUT2D eigenvalue weighted by Crippen LogP contribution is 2.32. The van der Waals surface area contributed by atoms with Gasteiger partial charge in [0.1, 0.15) is 5.75 Å². The van der Waals surface area contributed by atoms with Crippen molar-refractivity contribution in [2.45, 2.75) is 37.8 Å². The molecule has 1 heterocycles. The second-order valence-corrected chi connectivity index (χ2v) is 6.47. The van der Waals surface area contributed by atoms with E-state index in [1.165, 1.54) is 0 Å². The van der Waals surface area contributed by atoms with Gasteiger partial charge in [0.15, 0.2) is 0 Å². The van der Waals surface area contributed by atoms with Crippen molar-refractivity contribution in [1.29, 1.82) is 0 Å². The van der Waals surface area contributed by atoms with Crippen molar-refractivity contribution in [1.82, 2.24) is 5.32 Å². The number of hydrogen-bond donors (Lipinski definition) is 2. The highest BCUT2D eigenvalue weighted by atomic mass is 16.5. The molecule has 2 unspecified atom stereocenters. The van der Waals surface area contributed by atoms with Crippen molar-refractivity contribution in [3.05, 3.63) is 65.7 Å². The van der Waals surface area contributed by atoms with Gasteiger partial charge in [-0.05, 0) is 31.4 Å². The maximum absolute atomic E-state index is 12.5. The molecule has 0 aliphatic carbocycles. The third kappa shape index (κ3) is 3.77. The van der Waals surface area contributed by atoms with Crippen molar-refractivity contribution < 1.29 is 14.6 Å². The normalized spacial score (nSPS) is 19.3. The second-order valence-electron chi connectivity index (χ2n) is 6.47. The molecule has 0 saturated carbocycles. The zero-order valence-electron chi connectivity index (χ0n) is 13.9. The van der Waals surface area contributed by atoms with Crippen LogP contribution in [0.4, 0.5) is 0 Å². The summed E-state index contributed by atoms with van der Waals surface area (Å²) in [6.45, 7) is 2.33. The van der Waals surface area contributed by atoms with Crippen molar-refractivity contribution >= 4 is 5.91 Å². The zero-order valence-corrected chi connectivity index (χ0v) is 13.9. The van der Waals surface area contributed by atoms with Gasteiger partial charge in [-0.2, -0.15) is 0 Å².